The quantitative estimate of drug-likeness (QED) is 0.810. The smallest absolute Gasteiger partial charge is 0.229 e. The zero-order chi connectivity index (χ0) is 20.0. The molecule has 0 spiro atoms. The molecule has 3 N–H and O–H groups in total. The first kappa shape index (κ1) is 18.2. The summed E-state index contributed by atoms with van der Waals surface area (Å²) in [5, 5.41) is 3.46. The van der Waals surface area contributed by atoms with E-state index >= 15 is 0 Å². The van der Waals surface area contributed by atoms with Crippen LogP contribution in [0.4, 0.5) is 17.6 Å². The molecule has 0 radical (unpaired) electrons. The number of benzene rings is 1. The highest BCUT2D eigenvalue weighted by Crippen LogP contribution is 2.47. The fourth-order valence-corrected chi connectivity index (χ4v) is 4.80. The molecule has 0 bridgehead atoms. The highest BCUT2D eigenvalue weighted by Gasteiger charge is 2.38. The van der Waals surface area contributed by atoms with Gasteiger partial charge in [0.05, 0.1) is 0 Å². The van der Waals surface area contributed by atoms with Gasteiger partial charge < -0.3 is 16.0 Å². The molecule has 1 fully saturated rings. The molecule has 3 heterocycles. The molecule has 0 amide bonds. The number of allylic oxidation sites excluding steroid dienone is 2. The number of Topliss-reactive ketones (excluding diaryl/α,β-unsaturated/α-hetero) is 1. The van der Waals surface area contributed by atoms with Crippen molar-refractivity contribution in [2.45, 2.75) is 51.4 Å². The van der Waals surface area contributed by atoms with Gasteiger partial charge >= 0.3 is 0 Å². The number of carbonyl (C=O) groups excluding carboxylic acids is 1. The number of hydrogen-bond acceptors (Lipinski definition) is 6. The molecule has 29 heavy (non-hydrogen) atoms. The van der Waals surface area contributed by atoms with Crippen LogP contribution >= 0.6 is 0 Å². The van der Waals surface area contributed by atoms with Crippen LogP contribution in [0.15, 0.2) is 35.5 Å². The SMILES string of the molecule is Cc1ccc([C@@H]2C3=C(CCCC3=O)Nc3nc(N4CCCCC4)nc(N)c32)cc1. The van der Waals surface area contributed by atoms with E-state index in [1.54, 1.807) is 0 Å². The topological polar surface area (TPSA) is 84.1 Å². The Kier molecular flexibility index (Phi) is 4.49. The normalized spacial score (nSPS) is 21.5. The van der Waals surface area contributed by atoms with E-state index in [9.17, 15) is 4.79 Å². The number of nitrogens with zero attached hydrogens (tertiary/aromatic N) is 3. The molecular formula is C23H27N5O. The van der Waals surface area contributed by atoms with E-state index < -0.39 is 0 Å². The van der Waals surface area contributed by atoms with Crippen LogP contribution in [0.25, 0.3) is 0 Å². The van der Waals surface area contributed by atoms with Crippen molar-refractivity contribution in [3.63, 3.8) is 0 Å². The lowest BCUT2D eigenvalue weighted by atomic mass is 9.76. The van der Waals surface area contributed by atoms with Crippen LogP contribution in [-0.4, -0.2) is 28.8 Å². The summed E-state index contributed by atoms with van der Waals surface area (Å²) in [6.45, 7) is 4.00. The maximum absolute atomic E-state index is 12.9. The first-order valence-electron chi connectivity index (χ1n) is 10.6. The molecule has 1 atom stereocenters. The van der Waals surface area contributed by atoms with Gasteiger partial charge in [-0.25, -0.2) is 0 Å². The van der Waals surface area contributed by atoms with E-state index in [1.165, 1.54) is 12.0 Å². The average molecular weight is 390 g/mol. The first-order chi connectivity index (χ1) is 14.1. The number of rotatable bonds is 2. The van der Waals surface area contributed by atoms with Crippen molar-refractivity contribution in [1.29, 1.82) is 0 Å². The highest BCUT2D eigenvalue weighted by molar-refractivity contribution is 6.01. The van der Waals surface area contributed by atoms with Crippen molar-refractivity contribution in [3.05, 3.63) is 52.2 Å². The Morgan fingerprint density at radius 3 is 2.55 bits per heavy atom. The third-order valence-corrected chi connectivity index (χ3v) is 6.32. The summed E-state index contributed by atoms with van der Waals surface area (Å²) in [6.07, 6.45) is 5.90. The summed E-state index contributed by atoms with van der Waals surface area (Å²) in [5.41, 5.74) is 11.5. The van der Waals surface area contributed by atoms with Crippen LogP contribution in [0.2, 0.25) is 0 Å². The molecule has 150 valence electrons. The van der Waals surface area contributed by atoms with E-state index in [2.05, 4.69) is 46.4 Å². The monoisotopic (exact) mass is 389 g/mol. The van der Waals surface area contributed by atoms with E-state index in [0.717, 1.165) is 67.0 Å². The zero-order valence-corrected chi connectivity index (χ0v) is 16.9. The second kappa shape index (κ2) is 7.17. The highest BCUT2D eigenvalue weighted by atomic mass is 16.1. The third kappa shape index (κ3) is 3.16. The predicted octanol–water partition coefficient (Wildman–Crippen LogP) is 3.92. The number of nitrogens with two attached hydrogens (primary N) is 1. The molecule has 0 unspecified atom stereocenters. The molecule has 2 aromatic rings. The lowest BCUT2D eigenvalue weighted by Gasteiger charge is -2.35. The Morgan fingerprint density at radius 1 is 1.03 bits per heavy atom. The van der Waals surface area contributed by atoms with Gasteiger partial charge in [-0.3, -0.25) is 4.79 Å². The van der Waals surface area contributed by atoms with Gasteiger partial charge in [-0.05, 0) is 44.6 Å². The number of ketones is 1. The number of nitrogen functional groups attached to an aromatic ring is 1. The van der Waals surface area contributed by atoms with E-state index in [-0.39, 0.29) is 11.7 Å². The first-order valence-corrected chi connectivity index (χ1v) is 10.6. The van der Waals surface area contributed by atoms with Gasteiger partial charge in [0.1, 0.15) is 11.6 Å². The Labute approximate surface area is 171 Å². The molecule has 1 aromatic carbocycles. The van der Waals surface area contributed by atoms with Crippen molar-refractivity contribution in [2.24, 2.45) is 0 Å². The summed E-state index contributed by atoms with van der Waals surface area (Å²) in [6, 6.07) is 8.37. The van der Waals surface area contributed by atoms with Crippen LogP contribution in [0.1, 0.15) is 61.1 Å². The van der Waals surface area contributed by atoms with Gasteiger partial charge in [-0.1, -0.05) is 29.8 Å². The maximum atomic E-state index is 12.9. The molecule has 2 aliphatic heterocycles. The number of anilines is 3. The van der Waals surface area contributed by atoms with Crippen molar-refractivity contribution < 1.29 is 4.79 Å². The summed E-state index contributed by atoms with van der Waals surface area (Å²) in [5.74, 6) is 1.93. The number of hydrogen-bond donors (Lipinski definition) is 2. The van der Waals surface area contributed by atoms with Crippen molar-refractivity contribution in [3.8, 4) is 0 Å². The van der Waals surface area contributed by atoms with Crippen LogP contribution in [-0.2, 0) is 4.79 Å². The lowest BCUT2D eigenvalue weighted by molar-refractivity contribution is -0.116. The second-order valence-corrected chi connectivity index (χ2v) is 8.36. The molecule has 1 aromatic heterocycles. The minimum absolute atomic E-state index is 0.203. The maximum Gasteiger partial charge on any atom is 0.229 e. The standard InChI is InChI=1S/C23H27N5O/c1-14-8-10-15(11-9-14)18-19-16(6-5-7-17(19)29)25-22-20(18)21(24)26-23(27-22)28-12-3-2-4-13-28/h8-11,18H,2-7,12-13H2,1H3,(H3,24,25,26,27)/t18-/m1/s1. The van der Waals surface area contributed by atoms with Crippen LogP contribution < -0.4 is 16.0 Å². The Balaban J connectivity index is 1.65. The van der Waals surface area contributed by atoms with E-state index in [1.807, 2.05) is 0 Å². The Morgan fingerprint density at radius 2 is 1.79 bits per heavy atom. The van der Waals surface area contributed by atoms with Crippen molar-refractivity contribution >= 4 is 23.4 Å². The molecule has 6 nitrogen and oxygen atoms in total. The van der Waals surface area contributed by atoms with Crippen LogP contribution in [0.5, 0.6) is 0 Å². The van der Waals surface area contributed by atoms with Crippen LogP contribution in [0.3, 0.4) is 0 Å². The summed E-state index contributed by atoms with van der Waals surface area (Å²) in [7, 11) is 0. The number of aromatic nitrogens is 2. The fraction of sp³-hybridized carbons (Fsp3) is 0.435. The van der Waals surface area contributed by atoms with Gasteiger partial charge in [0, 0.05) is 42.3 Å². The Bertz CT molecular complexity index is 989. The number of piperidine rings is 1. The minimum atomic E-state index is -0.204. The second-order valence-electron chi connectivity index (χ2n) is 8.36. The van der Waals surface area contributed by atoms with E-state index in [4.69, 9.17) is 10.7 Å². The number of aryl methyl sites for hydroxylation is 1. The minimum Gasteiger partial charge on any atom is -0.383 e. The predicted molar refractivity (Wildman–Crippen MR) is 115 cm³/mol. The van der Waals surface area contributed by atoms with Gasteiger partial charge in [-0.15, -0.1) is 0 Å². The third-order valence-electron chi connectivity index (χ3n) is 6.32. The summed E-state index contributed by atoms with van der Waals surface area (Å²) < 4.78 is 0. The number of carbonyl (C=O) groups is 1. The Hall–Kier alpha value is -2.89. The molecule has 5 rings (SSSR count). The van der Waals surface area contributed by atoms with Crippen LogP contribution in [0, 0.1) is 6.92 Å². The summed E-state index contributed by atoms with van der Waals surface area (Å²) in [4.78, 5) is 24.7. The van der Waals surface area contributed by atoms with Crippen molar-refractivity contribution in [1.82, 2.24) is 9.97 Å². The van der Waals surface area contributed by atoms with Gasteiger partial charge in [-0.2, -0.15) is 9.97 Å². The molecule has 0 saturated carbocycles. The summed E-state index contributed by atoms with van der Waals surface area (Å²) >= 11 is 0. The van der Waals surface area contributed by atoms with Gasteiger partial charge in [0.15, 0.2) is 5.78 Å². The lowest BCUT2D eigenvalue weighted by Crippen LogP contribution is -2.33. The number of fused-ring (bicyclic) bond motifs is 1. The van der Waals surface area contributed by atoms with Gasteiger partial charge in [0.2, 0.25) is 5.95 Å². The fourth-order valence-electron chi connectivity index (χ4n) is 4.80. The zero-order valence-electron chi connectivity index (χ0n) is 16.9. The molecular weight excluding hydrogens is 362 g/mol. The molecule has 6 heteroatoms. The average Bonchev–Trinajstić information content (AvgIpc) is 2.74. The molecule has 1 saturated heterocycles. The van der Waals surface area contributed by atoms with Crippen molar-refractivity contribution in [2.75, 3.05) is 29.0 Å². The number of nitrogens with one attached hydrogen (secondary N) is 1. The van der Waals surface area contributed by atoms with Gasteiger partial charge in [0.25, 0.3) is 0 Å². The largest absolute Gasteiger partial charge is 0.383 e. The molecule has 1 aliphatic carbocycles. The van der Waals surface area contributed by atoms with E-state index in [0.29, 0.717) is 18.2 Å². The molecule has 3 aliphatic rings.